The second-order valence-electron chi connectivity index (χ2n) is 7.01. The number of aromatic nitrogens is 3. The molecular formula is C19H27N7O. The van der Waals surface area contributed by atoms with Gasteiger partial charge in [0, 0.05) is 50.5 Å². The van der Waals surface area contributed by atoms with E-state index in [1.165, 1.54) is 13.3 Å². The zero-order valence-electron chi connectivity index (χ0n) is 16.4. The minimum absolute atomic E-state index is 0.0989. The van der Waals surface area contributed by atoms with Gasteiger partial charge >= 0.3 is 0 Å². The van der Waals surface area contributed by atoms with Crippen LogP contribution >= 0.6 is 0 Å². The molecule has 2 N–H and O–H groups in total. The van der Waals surface area contributed by atoms with Gasteiger partial charge in [0.15, 0.2) is 0 Å². The zero-order valence-corrected chi connectivity index (χ0v) is 16.4. The van der Waals surface area contributed by atoms with Gasteiger partial charge in [0.05, 0.1) is 0 Å². The first-order valence-corrected chi connectivity index (χ1v) is 9.26. The summed E-state index contributed by atoms with van der Waals surface area (Å²) in [5.74, 6) is 1.08. The maximum atomic E-state index is 11.3. The predicted molar refractivity (Wildman–Crippen MR) is 108 cm³/mol. The van der Waals surface area contributed by atoms with E-state index in [0.717, 1.165) is 43.1 Å². The first-order chi connectivity index (χ1) is 12.9. The number of anilines is 4. The lowest BCUT2D eigenvalue weighted by atomic mass is 10.1. The van der Waals surface area contributed by atoms with E-state index in [-0.39, 0.29) is 5.91 Å². The molecule has 1 saturated heterocycles. The van der Waals surface area contributed by atoms with Crippen LogP contribution < -0.4 is 15.5 Å². The van der Waals surface area contributed by atoms with E-state index in [9.17, 15) is 4.79 Å². The Bertz CT molecular complexity index is 800. The number of benzene rings is 1. The molecule has 2 heterocycles. The molecule has 0 atom stereocenters. The molecule has 0 aliphatic carbocycles. The van der Waals surface area contributed by atoms with Crippen LogP contribution in [0.25, 0.3) is 0 Å². The van der Waals surface area contributed by atoms with E-state index in [1.54, 1.807) is 0 Å². The van der Waals surface area contributed by atoms with Crippen molar-refractivity contribution in [2.24, 2.45) is 0 Å². The summed E-state index contributed by atoms with van der Waals surface area (Å²) in [4.78, 5) is 29.2. The average Bonchev–Trinajstić information content (AvgIpc) is 2.65. The number of carbonyl (C=O) groups is 1. The molecule has 27 heavy (non-hydrogen) atoms. The molecule has 8 nitrogen and oxygen atoms in total. The summed E-state index contributed by atoms with van der Waals surface area (Å²) in [5.41, 5.74) is 2.55. The predicted octanol–water partition coefficient (Wildman–Crippen LogP) is 2.41. The first kappa shape index (κ1) is 19.0. The van der Waals surface area contributed by atoms with Crippen LogP contribution in [0.5, 0.6) is 0 Å². The van der Waals surface area contributed by atoms with Gasteiger partial charge in [-0.3, -0.25) is 9.69 Å². The van der Waals surface area contributed by atoms with E-state index in [2.05, 4.69) is 49.2 Å². The van der Waals surface area contributed by atoms with E-state index in [0.29, 0.717) is 17.9 Å². The van der Waals surface area contributed by atoms with Crippen molar-refractivity contribution in [2.75, 3.05) is 41.7 Å². The summed E-state index contributed by atoms with van der Waals surface area (Å²) in [6, 6.07) is 6.25. The summed E-state index contributed by atoms with van der Waals surface area (Å²) >= 11 is 0. The van der Waals surface area contributed by atoms with Gasteiger partial charge in [-0.15, -0.1) is 0 Å². The lowest BCUT2D eigenvalue weighted by Gasteiger charge is -2.36. The van der Waals surface area contributed by atoms with Gasteiger partial charge in [0.2, 0.25) is 17.8 Å². The Morgan fingerprint density at radius 1 is 1.11 bits per heavy atom. The molecule has 0 saturated carbocycles. The third kappa shape index (κ3) is 4.71. The van der Waals surface area contributed by atoms with Crippen LogP contribution in [0.2, 0.25) is 0 Å². The number of hydrogen-bond acceptors (Lipinski definition) is 7. The van der Waals surface area contributed by atoms with Gasteiger partial charge in [0.25, 0.3) is 0 Å². The molecular weight excluding hydrogens is 342 g/mol. The van der Waals surface area contributed by atoms with Gasteiger partial charge < -0.3 is 15.5 Å². The molecule has 8 heteroatoms. The van der Waals surface area contributed by atoms with Crippen LogP contribution in [0.1, 0.15) is 26.3 Å². The third-order valence-corrected chi connectivity index (χ3v) is 4.78. The number of carbonyl (C=O) groups excluding carboxylic acids is 1. The molecule has 3 rings (SSSR count). The monoisotopic (exact) mass is 369 g/mol. The quantitative estimate of drug-likeness (QED) is 0.837. The maximum absolute atomic E-state index is 11.3. The number of nitrogens with zero attached hydrogens (tertiary/aromatic N) is 5. The van der Waals surface area contributed by atoms with Crippen molar-refractivity contribution < 1.29 is 4.79 Å². The molecule has 1 aromatic heterocycles. The molecule has 1 aromatic carbocycles. The summed E-state index contributed by atoms with van der Waals surface area (Å²) < 4.78 is 0. The van der Waals surface area contributed by atoms with Crippen LogP contribution in [0, 0.1) is 6.92 Å². The Morgan fingerprint density at radius 3 is 2.48 bits per heavy atom. The minimum Gasteiger partial charge on any atom is -0.338 e. The Kier molecular flexibility index (Phi) is 5.85. The average molecular weight is 369 g/mol. The lowest BCUT2D eigenvalue weighted by molar-refractivity contribution is -0.114. The standard InChI is InChI=1S/C19H27N7O/c1-13(2)25-8-10-26(11-9-25)19-21-12-20-18(24-19)23-17-7-5-6-16(14(17)3)22-15(4)27/h5-7,12-13H,8-11H2,1-4H3,(H,22,27)(H,20,21,23,24). The molecule has 0 spiro atoms. The molecule has 0 bridgehead atoms. The molecule has 1 aliphatic rings. The van der Waals surface area contributed by atoms with E-state index < -0.39 is 0 Å². The zero-order chi connectivity index (χ0) is 19.4. The van der Waals surface area contributed by atoms with Gasteiger partial charge in [0.1, 0.15) is 6.33 Å². The van der Waals surface area contributed by atoms with Gasteiger partial charge in [-0.05, 0) is 38.5 Å². The second-order valence-corrected chi connectivity index (χ2v) is 7.01. The number of amides is 1. The fourth-order valence-electron chi connectivity index (χ4n) is 3.16. The highest BCUT2D eigenvalue weighted by atomic mass is 16.1. The highest BCUT2D eigenvalue weighted by Gasteiger charge is 2.21. The molecule has 1 amide bonds. The summed E-state index contributed by atoms with van der Waals surface area (Å²) in [6.45, 7) is 11.7. The number of piperazine rings is 1. The number of hydrogen-bond donors (Lipinski definition) is 2. The van der Waals surface area contributed by atoms with Crippen molar-refractivity contribution in [1.82, 2.24) is 19.9 Å². The molecule has 0 unspecified atom stereocenters. The number of nitrogens with one attached hydrogen (secondary N) is 2. The highest BCUT2D eigenvalue weighted by Crippen LogP contribution is 2.25. The Labute approximate surface area is 160 Å². The molecule has 2 aromatic rings. The van der Waals surface area contributed by atoms with Crippen LogP contribution in [0.15, 0.2) is 24.5 Å². The fraction of sp³-hybridized carbons (Fsp3) is 0.474. The van der Waals surface area contributed by atoms with E-state index in [1.807, 2.05) is 25.1 Å². The van der Waals surface area contributed by atoms with Gasteiger partial charge in [-0.1, -0.05) is 6.07 Å². The molecule has 1 fully saturated rings. The van der Waals surface area contributed by atoms with Crippen molar-refractivity contribution in [3.63, 3.8) is 0 Å². The van der Waals surface area contributed by atoms with Gasteiger partial charge in [-0.25, -0.2) is 9.97 Å². The lowest BCUT2D eigenvalue weighted by Crippen LogP contribution is -2.49. The topological polar surface area (TPSA) is 86.3 Å². The van der Waals surface area contributed by atoms with Crippen LogP contribution in [0.4, 0.5) is 23.3 Å². The normalized spacial score (nSPS) is 15.1. The van der Waals surface area contributed by atoms with Crippen LogP contribution in [-0.2, 0) is 4.79 Å². The van der Waals surface area contributed by atoms with Crippen molar-refractivity contribution >= 4 is 29.2 Å². The summed E-state index contributed by atoms with van der Waals surface area (Å²) in [6.07, 6.45) is 1.53. The van der Waals surface area contributed by atoms with Crippen LogP contribution in [-0.4, -0.2) is 58.0 Å². The van der Waals surface area contributed by atoms with Crippen molar-refractivity contribution in [1.29, 1.82) is 0 Å². The maximum Gasteiger partial charge on any atom is 0.232 e. The highest BCUT2D eigenvalue weighted by molar-refractivity contribution is 5.90. The Morgan fingerprint density at radius 2 is 1.81 bits per heavy atom. The van der Waals surface area contributed by atoms with Crippen molar-refractivity contribution in [2.45, 2.75) is 33.7 Å². The van der Waals surface area contributed by atoms with E-state index >= 15 is 0 Å². The first-order valence-electron chi connectivity index (χ1n) is 9.26. The fourth-order valence-corrected chi connectivity index (χ4v) is 3.16. The van der Waals surface area contributed by atoms with E-state index in [4.69, 9.17) is 0 Å². The molecule has 144 valence electrons. The Hall–Kier alpha value is -2.74. The summed E-state index contributed by atoms with van der Waals surface area (Å²) in [7, 11) is 0. The minimum atomic E-state index is -0.0989. The molecule has 0 radical (unpaired) electrons. The van der Waals surface area contributed by atoms with Crippen molar-refractivity contribution in [3.8, 4) is 0 Å². The van der Waals surface area contributed by atoms with Crippen molar-refractivity contribution in [3.05, 3.63) is 30.1 Å². The summed E-state index contributed by atoms with van der Waals surface area (Å²) in [5, 5.41) is 6.07. The largest absolute Gasteiger partial charge is 0.338 e. The number of rotatable bonds is 5. The smallest absolute Gasteiger partial charge is 0.232 e. The second kappa shape index (κ2) is 8.30. The SMILES string of the molecule is CC(=O)Nc1cccc(Nc2ncnc(N3CCN(C(C)C)CC3)n2)c1C. The van der Waals surface area contributed by atoms with Gasteiger partial charge in [-0.2, -0.15) is 4.98 Å². The molecule has 1 aliphatic heterocycles. The van der Waals surface area contributed by atoms with Crippen LogP contribution in [0.3, 0.4) is 0 Å². The Balaban J connectivity index is 1.73. The third-order valence-electron chi connectivity index (χ3n) is 4.78.